The van der Waals surface area contributed by atoms with E-state index in [0.29, 0.717) is 36.3 Å². The molecule has 0 spiro atoms. The van der Waals surface area contributed by atoms with E-state index >= 15 is 0 Å². The van der Waals surface area contributed by atoms with E-state index in [0.717, 1.165) is 19.3 Å². The maximum Gasteiger partial charge on any atom is 0.223 e. The predicted octanol–water partition coefficient (Wildman–Crippen LogP) is 2.09. The number of carbonyl (C=O) groups excluding carboxylic acids is 1. The van der Waals surface area contributed by atoms with E-state index in [9.17, 15) is 4.79 Å². The fraction of sp³-hybridized carbons (Fsp3) is 0.833. The molecule has 0 radical (unpaired) electrons. The Hall–Kier alpha value is -0.640. The van der Waals surface area contributed by atoms with Crippen molar-refractivity contribution in [1.29, 1.82) is 0 Å². The minimum atomic E-state index is 0.271. The summed E-state index contributed by atoms with van der Waals surface area (Å²) in [6, 6.07) is 0.464. The third-order valence-corrected chi connectivity index (χ3v) is 3.33. The third-order valence-electron chi connectivity index (χ3n) is 3.13. The molecule has 1 aliphatic rings. The van der Waals surface area contributed by atoms with E-state index < -0.39 is 0 Å². The molecular formula is C12H22N2OS. The van der Waals surface area contributed by atoms with Crippen molar-refractivity contribution >= 4 is 23.1 Å². The van der Waals surface area contributed by atoms with Gasteiger partial charge in [-0.05, 0) is 18.8 Å². The first-order chi connectivity index (χ1) is 7.54. The molecular weight excluding hydrogens is 220 g/mol. The van der Waals surface area contributed by atoms with Crippen LogP contribution in [0.25, 0.3) is 0 Å². The minimum Gasteiger partial charge on any atom is -0.393 e. The van der Waals surface area contributed by atoms with Crippen molar-refractivity contribution in [2.24, 2.45) is 11.7 Å². The fourth-order valence-electron chi connectivity index (χ4n) is 1.69. The van der Waals surface area contributed by atoms with Crippen molar-refractivity contribution in [2.45, 2.75) is 52.0 Å². The molecule has 0 bridgehead atoms. The van der Waals surface area contributed by atoms with Crippen LogP contribution in [0.3, 0.4) is 0 Å². The third kappa shape index (κ3) is 4.47. The van der Waals surface area contributed by atoms with Gasteiger partial charge in [-0.25, -0.2) is 0 Å². The molecule has 1 atom stereocenters. The highest BCUT2D eigenvalue weighted by molar-refractivity contribution is 7.80. The zero-order valence-electron chi connectivity index (χ0n) is 10.2. The van der Waals surface area contributed by atoms with Crippen LogP contribution >= 0.6 is 12.2 Å². The molecule has 3 nitrogen and oxygen atoms in total. The number of nitrogens with two attached hydrogens (primary N) is 1. The molecule has 92 valence electrons. The van der Waals surface area contributed by atoms with Crippen molar-refractivity contribution < 1.29 is 4.79 Å². The highest BCUT2D eigenvalue weighted by atomic mass is 32.1. The molecule has 1 unspecified atom stereocenters. The lowest BCUT2D eigenvalue weighted by molar-refractivity contribution is -0.132. The van der Waals surface area contributed by atoms with Gasteiger partial charge in [0.25, 0.3) is 0 Å². The predicted molar refractivity (Wildman–Crippen MR) is 70.2 cm³/mol. The summed E-state index contributed by atoms with van der Waals surface area (Å²) in [5.74, 6) is 0.742. The SMILES string of the molecule is CCC(C)CC(=O)N(CCC(N)=S)C1CC1. The van der Waals surface area contributed by atoms with Gasteiger partial charge >= 0.3 is 0 Å². The Labute approximate surface area is 103 Å². The highest BCUT2D eigenvalue weighted by Gasteiger charge is 2.32. The summed E-state index contributed by atoms with van der Waals surface area (Å²) in [6.07, 6.45) is 4.65. The van der Waals surface area contributed by atoms with Gasteiger partial charge in [-0.15, -0.1) is 0 Å². The Bertz CT molecular complexity index is 264. The second-order valence-corrected chi connectivity index (χ2v) is 5.28. The van der Waals surface area contributed by atoms with E-state index in [-0.39, 0.29) is 5.91 Å². The van der Waals surface area contributed by atoms with Crippen molar-refractivity contribution in [1.82, 2.24) is 4.90 Å². The highest BCUT2D eigenvalue weighted by Crippen LogP contribution is 2.28. The smallest absolute Gasteiger partial charge is 0.223 e. The number of hydrogen-bond donors (Lipinski definition) is 1. The van der Waals surface area contributed by atoms with Gasteiger partial charge in [-0.1, -0.05) is 32.5 Å². The summed E-state index contributed by atoms with van der Waals surface area (Å²) in [7, 11) is 0. The Kier molecular flexibility index (Phi) is 5.19. The van der Waals surface area contributed by atoms with Crippen molar-refractivity contribution in [2.75, 3.05) is 6.54 Å². The van der Waals surface area contributed by atoms with Gasteiger partial charge in [0.05, 0.1) is 4.99 Å². The maximum absolute atomic E-state index is 12.0. The molecule has 1 amide bonds. The van der Waals surface area contributed by atoms with Gasteiger partial charge in [0, 0.05) is 25.4 Å². The van der Waals surface area contributed by atoms with Crippen LogP contribution in [0.1, 0.15) is 46.0 Å². The topological polar surface area (TPSA) is 46.3 Å². The van der Waals surface area contributed by atoms with Gasteiger partial charge in [-0.2, -0.15) is 0 Å². The summed E-state index contributed by atoms with van der Waals surface area (Å²) < 4.78 is 0. The Morgan fingerprint density at radius 2 is 2.19 bits per heavy atom. The van der Waals surface area contributed by atoms with Crippen LogP contribution in [0, 0.1) is 5.92 Å². The zero-order chi connectivity index (χ0) is 12.1. The largest absolute Gasteiger partial charge is 0.393 e. The molecule has 0 aromatic carbocycles. The van der Waals surface area contributed by atoms with Crippen LogP contribution in [0.4, 0.5) is 0 Å². The van der Waals surface area contributed by atoms with E-state index in [1.165, 1.54) is 0 Å². The number of carbonyl (C=O) groups is 1. The van der Waals surface area contributed by atoms with Gasteiger partial charge in [-0.3, -0.25) is 4.79 Å². The maximum atomic E-state index is 12.0. The molecule has 0 saturated heterocycles. The van der Waals surface area contributed by atoms with Gasteiger partial charge < -0.3 is 10.6 Å². The Morgan fingerprint density at radius 3 is 2.62 bits per heavy atom. The lowest BCUT2D eigenvalue weighted by Gasteiger charge is -2.23. The van der Waals surface area contributed by atoms with E-state index in [1.54, 1.807) is 0 Å². The zero-order valence-corrected chi connectivity index (χ0v) is 11.1. The van der Waals surface area contributed by atoms with E-state index in [1.807, 2.05) is 4.90 Å². The molecule has 1 rings (SSSR count). The average molecular weight is 242 g/mol. The van der Waals surface area contributed by atoms with Crippen molar-refractivity contribution in [3.63, 3.8) is 0 Å². The van der Waals surface area contributed by atoms with E-state index in [2.05, 4.69) is 13.8 Å². The molecule has 1 fully saturated rings. The van der Waals surface area contributed by atoms with Crippen LogP contribution in [0.2, 0.25) is 0 Å². The first kappa shape index (κ1) is 13.4. The number of rotatable bonds is 7. The summed E-state index contributed by atoms with van der Waals surface area (Å²) >= 11 is 4.86. The molecule has 1 aliphatic carbocycles. The van der Waals surface area contributed by atoms with Crippen LogP contribution in [0.5, 0.6) is 0 Å². The molecule has 0 heterocycles. The molecule has 0 aromatic rings. The molecule has 1 saturated carbocycles. The molecule has 0 aliphatic heterocycles. The Balaban J connectivity index is 2.42. The van der Waals surface area contributed by atoms with Gasteiger partial charge in [0.2, 0.25) is 5.91 Å². The quantitative estimate of drug-likeness (QED) is 0.695. The summed E-state index contributed by atoms with van der Waals surface area (Å²) in [6.45, 7) is 4.94. The van der Waals surface area contributed by atoms with Crippen LogP contribution in [-0.4, -0.2) is 28.4 Å². The van der Waals surface area contributed by atoms with Crippen LogP contribution < -0.4 is 5.73 Å². The van der Waals surface area contributed by atoms with Crippen molar-refractivity contribution in [3.8, 4) is 0 Å². The average Bonchev–Trinajstić information content (AvgIpc) is 3.01. The summed E-state index contributed by atoms with van der Waals surface area (Å²) in [5.41, 5.74) is 5.48. The monoisotopic (exact) mass is 242 g/mol. The summed E-state index contributed by atoms with van der Waals surface area (Å²) in [5, 5.41) is 0. The molecule has 4 heteroatoms. The van der Waals surface area contributed by atoms with Crippen LogP contribution in [-0.2, 0) is 4.79 Å². The molecule has 2 N–H and O–H groups in total. The number of hydrogen-bond acceptors (Lipinski definition) is 2. The van der Waals surface area contributed by atoms with Gasteiger partial charge in [0.1, 0.15) is 0 Å². The number of amides is 1. The standard InChI is InChI=1S/C12H22N2OS/c1-3-9(2)8-12(15)14(10-4-5-10)7-6-11(13)16/h9-10H,3-8H2,1-2H3,(H2,13,16). The first-order valence-corrected chi connectivity index (χ1v) is 6.53. The lowest BCUT2D eigenvalue weighted by atomic mass is 10.0. The van der Waals surface area contributed by atoms with Gasteiger partial charge in [0.15, 0.2) is 0 Å². The fourth-order valence-corrected chi connectivity index (χ4v) is 1.78. The van der Waals surface area contributed by atoms with Crippen LogP contribution in [0.15, 0.2) is 0 Å². The Morgan fingerprint density at radius 1 is 1.56 bits per heavy atom. The van der Waals surface area contributed by atoms with E-state index in [4.69, 9.17) is 18.0 Å². The number of thiocarbonyl (C=S) groups is 1. The first-order valence-electron chi connectivity index (χ1n) is 6.12. The summed E-state index contributed by atoms with van der Waals surface area (Å²) in [4.78, 5) is 14.5. The lowest BCUT2D eigenvalue weighted by Crippen LogP contribution is -2.36. The molecule has 16 heavy (non-hydrogen) atoms. The second-order valence-electron chi connectivity index (χ2n) is 4.75. The minimum absolute atomic E-state index is 0.271. The molecule has 0 aromatic heterocycles. The number of nitrogens with zero attached hydrogens (tertiary/aromatic N) is 1. The van der Waals surface area contributed by atoms with Crippen molar-refractivity contribution in [3.05, 3.63) is 0 Å². The normalized spacial score (nSPS) is 16.9. The second kappa shape index (κ2) is 6.18.